The van der Waals surface area contributed by atoms with Gasteiger partial charge in [-0.3, -0.25) is 4.79 Å². The van der Waals surface area contributed by atoms with Gasteiger partial charge in [0.05, 0.1) is 12.8 Å². The third kappa shape index (κ3) is 2.56. The van der Waals surface area contributed by atoms with Crippen molar-refractivity contribution in [2.45, 2.75) is 19.3 Å². The highest BCUT2D eigenvalue weighted by Crippen LogP contribution is 2.58. The third-order valence-corrected chi connectivity index (χ3v) is 5.23. The zero-order valence-electron chi connectivity index (χ0n) is 11.5. The van der Waals surface area contributed by atoms with E-state index in [9.17, 15) is 4.79 Å². The lowest BCUT2D eigenvalue weighted by atomic mass is 9.92. The Bertz CT molecular complexity index is 527. The predicted molar refractivity (Wildman–Crippen MR) is 82.0 cm³/mol. The molecule has 20 heavy (non-hydrogen) atoms. The summed E-state index contributed by atoms with van der Waals surface area (Å²) in [6.07, 6.45) is 3.26. The van der Waals surface area contributed by atoms with Crippen molar-refractivity contribution in [1.29, 1.82) is 0 Å². The molecule has 1 unspecified atom stereocenters. The number of carbonyl (C=O) groups excluding carboxylic acids is 1. The predicted octanol–water partition coefficient (Wildman–Crippen LogP) is 2.79. The van der Waals surface area contributed by atoms with Crippen molar-refractivity contribution >= 4 is 27.5 Å². The van der Waals surface area contributed by atoms with Crippen LogP contribution in [0.4, 0.5) is 5.69 Å². The SMILES string of the molecule is COc1ccc(Br)c(NC(=O)C2CC23CCNCC3)c1. The van der Waals surface area contributed by atoms with Gasteiger partial charge in [0.1, 0.15) is 5.75 Å². The lowest BCUT2D eigenvalue weighted by Crippen LogP contribution is -2.31. The van der Waals surface area contributed by atoms with E-state index in [2.05, 4.69) is 26.6 Å². The summed E-state index contributed by atoms with van der Waals surface area (Å²) in [5.74, 6) is 1.06. The second-order valence-corrected chi connectivity index (χ2v) is 6.56. The van der Waals surface area contributed by atoms with Crippen LogP contribution in [-0.2, 0) is 4.79 Å². The van der Waals surface area contributed by atoms with Crippen LogP contribution in [0.25, 0.3) is 0 Å². The van der Waals surface area contributed by atoms with E-state index in [0.29, 0.717) is 0 Å². The third-order valence-electron chi connectivity index (χ3n) is 4.54. The van der Waals surface area contributed by atoms with Gasteiger partial charge >= 0.3 is 0 Å². The number of benzene rings is 1. The Kier molecular flexibility index (Phi) is 3.73. The smallest absolute Gasteiger partial charge is 0.228 e. The van der Waals surface area contributed by atoms with Gasteiger partial charge < -0.3 is 15.4 Å². The van der Waals surface area contributed by atoms with Gasteiger partial charge in [0.2, 0.25) is 5.91 Å². The summed E-state index contributed by atoms with van der Waals surface area (Å²) in [5.41, 5.74) is 1.05. The highest BCUT2D eigenvalue weighted by atomic mass is 79.9. The van der Waals surface area contributed by atoms with Crippen molar-refractivity contribution in [3.63, 3.8) is 0 Å². The summed E-state index contributed by atoms with van der Waals surface area (Å²) in [6.45, 7) is 2.07. The molecule has 0 radical (unpaired) electrons. The zero-order valence-corrected chi connectivity index (χ0v) is 13.1. The van der Waals surface area contributed by atoms with E-state index in [1.807, 2.05) is 18.2 Å². The van der Waals surface area contributed by atoms with Gasteiger partial charge in [-0.1, -0.05) is 0 Å². The van der Waals surface area contributed by atoms with Gasteiger partial charge in [0.15, 0.2) is 0 Å². The van der Waals surface area contributed by atoms with E-state index < -0.39 is 0 Å². The quantitative estimate of drug-likeness (QED) is 0.890. The number of rotatable bonds is 3. The normalized spacial score (nSPS) is 23.4. The molecule has 1 saturated heterocycles. The van der Waals surface area contributed by atoms with Crippen LogP contribution in [0, 0.1) is 11.3 Å². The standard InChI is InChI=1S/C15H19BrN2O2/c1-20-10-2-3-12(16)13(8-10)18-14(19)11-9-15(11)4-6-17-7-5-15/h2-3,8,11,17H,4-7,9H2,1H3,(H,18,19). The first-order valence-electron chi connectivity index (χ1n) is 7.00. The number of hydrogen-bond donors (Lipinski definition) is 2. The molecule has 1 heterocycles. The molecule has 108 valence electrons. The molecule has 4 nitrogen and oxygen atoms in total. The van der Waals surface area contributed by atoms with Crippen molar-refractivity contribution in [2.24, 2.45) is 11.3 Å². The molecule has 3 rings (SSSR count). The molecule has 0 bridgehead atoms. The molecular formula is C15H19BrN2O2. The number of ether oxygens (including phenoxy) is 1. The van der Waals surface area contributed by atoms with Crippen LogP contribution in [0.15, 0.2) is 22.7 Å². The van der Waals surface area contributed by atoms with Crippen LogP contribution >= 0.6 is 15.9 Å². The van der Waals surface area contributed by atoms with E-state index in [1.165, 1.54) is 0 Å². The van der Waals surface area contributed by atoms with Crippen LogP contribution in [0.1, 0.15) is 19.3 Å². The van der Waals surface area contributed by atoms with Crippen LogP contribution in [0.2, 0.25) is 0 Å². The highest BCUT2D eigenvalue weighted by molar-refractivity contribution is 9.10. The summed E-state index contributed by atoms with van der Waals surface area (Å²) in [4.78, 5) is 12.4. The van der Waals surface area contributed by atoms with E-state index in [0.717, 1.165) is 48.3 Å². The minimum Gasteiger partial charge on any atom is -0.497 e. The van der Waals surface area contributed by atoms with Crippen molar-refractivity contribution in [2.75, 3.05) is 25.5 Å². The fourth-order valence-corrected chi connectivity index (χ4v) is 3.49. The number of anilines is 1. The summed E-state index contributed by atoms with van der Waals surface area (Å²) in [6, 6.07) is 5.60. The number of halogens is 1. The number of methoxy groups -OCH3 is 1. The molecule has 1 aliphatic heterocycles. The summed E-state index contributed by atoms with van der Waals surface area (Å²) in [5, 5.41) is 6.39. The van der Waals surface area contributed by atoms with E-state index in [-0.39, 0.29) is 17.2 Å². The zero-order chi connectivity index (χ0) is 14.2. The number of carbonyl (C=O) groups is 1. The molecular weight excluding hydrogens is 320 g/mol. The number of nitrogens with one attached hydrogen (secondary N) is 2. The van der Waals surface area contributed by atoms with Crippen molar-refractivity contribution in [1.82, 2.24) is 5.32 Å². The highest BCUT2D eigenvalue weighted by Gasteiger charge is 2.57. The van der Waals surface area contributed by atoms with Crippen LogP contribution in [0.3, 0.4) is 0 Å². The molecule has 1 aliphatic carbocycles. The number of piperidine rings is 1. The maximum absolute atomic E-state index is 12.4. The Morgan fingerprint density at radius 2 is 2.20 bits per heavy atom. The van der Waals surface area contributed by atoms with Crippen molar-refractivity contribution in [3.05, 3.63) is 22.7 Å². The van der Waals surface area contributed by atoms with Gasteiger partial charge in [0.25, 0.3) is 0 Å². The first-order chi connectivity index (χ1) is 9.64. The van der Waals surface area contributed by atoms with E-state index in [4.69, 9.17) is 4.74 Å². The Balaban J connectivity index is 1.68. The number of amides is 1. The lowest BCUT2D eigenvalue weighted by molar-refractivity contribution is -0.118. The first kappa shape index (κ1) is 13.9. The molecule has 2 N–H and O–H groups in total. The number of hydrogen-bond acceptors (Lipinski definition) is 3. The van der Waals surface area contributed by atoms with E-state index in [1.54, 1.807) is 7.11 Å². The first-order valence-corrected chi connectivity index (χ1v) is 7.79. The van der Waals surface area contributed by atoms with Gasteiger partial charge in [-0.2, -0.15) is 0 Å². The minimum absolute atomic E-state index is 0.140. The van der Waals surface area contributed by atoms with E-state index >= 15 is 0 Å². The molecule has 1 spiro atoms. The summed E-state index contributed by atoms with van der Waals surface area (Å²) < 4.78 is 6.08. The maximum Gasteiger partial charge on any atom is 0.228 e. The molecule has 2 fully saturated rings. The molecule has 1 aromatic carbocycles. The second kappa shape index (κ2) is 5.37. The van der Waals surface area contributed by atoms with Gasteiger partial charge in [-0.05, 0) is 65.8 Å². The Morgan fingerprint density at radius 3 is 2.90 bits per heavy atom. The maximum atomic E-state index is 12.4. The molecule has 1 aromatic rings. The molecule has 5 heteroatoms. The summed E-state index contributed by atoms with van der Waals surface area (Å²) in [7, 11) is 1.62. The van der Waals surface area contributed by atoms with Crippen LogP contribution in [-0.4, -0.2) is 26.1 Å². The van der Waals surface area contributed by atoms with Gasteiger partial charge in [0, 0.05) is 16.5 Å². The molecule has 2 aliphatic rings. The van der Waals surface area contributed by atoms with Crippen molar-refractivity contribution in [3.8, 4) is 5.75 Å². The van der Waals surface area contributed by atoms with Crippen molar-refractivity contribution < 1.29 is 9.53 Å². The van der Waals surface area contributed by atoms with Crippen LogP contribution in [0.5, 0.6) is 5.75 Å². The molecule has 1 atom stereocenters. The van der Waals surface area contributed by atoms with Gasteiger partial charge in [-0.25, -0.2) is 0 Å². The minimum atomic E-state index is 0.140. The summed E-state index contributed by atoms with van der Waals surface area (Å²) >= 11 is 3.46. The average Bonchev–Trinajstić information content (AvgIpc) is 3.15. The fraction of sp³-hybridized carbons (Fsp3) is 0.533. The topological polar surface area (TPSA) is 50.4 Å². The molecule has 1 amide bonds. The lowest BCUT2D eigenvalue weighted by Gasteiger charge is -2.23. The largest absolute Gasteiger partial charge is 0.497 e. The Hall–Kier alpha value is -1.07. The average molecular weight is 339 g/mol. The molecule has 0 aromatic heterocycles. The Labute approximate surface area is 127 Å². The second-order valence-electron chi connectivity index (χ2n) is 5.70. The fourth-order valence-electron chi connectivity index (χ4n) is 3.14. The van der Waals surface area contributed by atoms with Gasteiger partial charge in [-0.15, -0.1) is 0 Å². The molecule has 1 saturated carbocycles. The monoisotopic (exact) mass is 338 g/mol. The van der Waals surface area contributed by atoms with Crippen LogP contribution < -0.4 is 15.4 Å². The Morgan fingerprint density at radius 1 is 1.45 bits per heavy atom.